The molecule has 1 aliphatic heterocycles. The molecule has 6 heteroatoms. The van der Waals surface area contributed by atoms with Crippen LogP contribution >= 0.6 is 12.6 Å². The molecule has 100 valence electrons. The van der Waals surface area contributed by atoms with Crippen LogP contribution in [0, 0.1) is 5.92 Å². The van der Waals surface area contributed by atoms with Gasteiger partial charge in [0.1, 0.15) is 0 Å². The van der Waals surface area contributed by atoms with Gasteiger partial charge in [-0.05, 0) is 12.7 Å². The summed E-state index contributed by atoms with van der Waals surface area (Å²) >= 11 is 3.98. The predicted molar refractivity (Wildman–Crippen MR) is 67.0 cm³/mol. The quantitative estimate of drug-likeness (QED) is 0.519. The Kier molecular flexibility index (Phi) is 5.72. The molecule has 1 fully saturated rings. The van der Waals surface area contributed by atoms with E-state index in [2.05, 4.69) is 17.9 Å². The first-order valence-corrected chi connectivity index (χ1v) is 6.49. The Labute approximate surface area is 107 Å². The molecule has 5 nitrogen and oxygen atoms in total. The number of hydrogen-bond donors (Lipinski definition) is 4. The first-order chi connectivity index (χ1) is 8.01. The van der Waals surface area contributed by atoms with Gasteiger partial charge >= 0.3 is 0 Å². The van der Waals surface area contributed by atoms with Crippen LogP contribution in [0.4, 0.5) is 0 Å². The predicted octanol–water partition coefficient (Wildman–Crippen LogP) is -0.432. The van der Waals surface area contributed by atoms with E-state index in [0.29, 0.717) is 12.2 Å². The van der Waals surface area contributed by atoms with Crippen molar-refractivity contribution < 1.29 is 19.7 Å². The fourth-order valence-corrected chi connectivity index (χ4v) is 2.28. The van der Waals surface area contributed by atoms with E-state index in [1.165, 1.54) is 0 Å². The normalized spacial score (nSPS) is 37.8. The Balaban J connectivity index is 2.63. The molecule has 1 heterocycles. The number of rotatable bonds is 4. The summed E-state index contributed by atoms with van der Waals surface area (Å²) in [5.41, 5.74) is 0. The molecule has 1 saturated heterocycles. The molecule has 0 aliphatic carbocycles. The van der Waals surface area contributed by atoms with Crippen molar-refractivity contribution in [1.82, 2.24) is 5.32 Å². The average Bonchev–Trinajstić information content (AvgIpc) is 2.29. The zero-order valence-electron chi connectivity index (χ0n) is 10.2. The summed E-state index contributed by atoms with van der Waals surface area (Å²) in [6.07, 6.45) is -1.09. The van der Waals surface area contributed by atoms with Gasteiger partial charge in [0.2, 0.25) is 5.91 Å². The maximum absolute atomic E-state index is 11.5. The van der Waals surface area contributed by atoms with Crippen molar-refractivity contribution in [3.8, 4) is 0 Å². The number of carbonyl (C=O) groups excluding carboxylic acids is 1. The van der Waals surface area contributed by atoms with Crippen LogP contribution in [0.2, 0.25) is 0 Å². The number of thiol groups is 1. The second kappa shape index (κ2) is 6.58. The number of aliphatic hydroxyl groups excluding tert-OH is 2. The highest BCUT2D eigenvalue weighted by Crippen LogP contribution is 2.25. The summed E-state index contributed by atoms with van der Waals surface area (Å²) in [6.45, 7) is 3.46. The van der Waals surface area contributed by atoms with Crippen LogP contribution < -0.4 is 5.32 Å². The van der Waals surface area contributed by atoms with Gasteiger partial charge in [-0.3, -0.25) is 4.79 Å². The van der Waals surface area contributed by atoms with Gasteiger partial charge in [-0.1, -0.05) is 6.92 Å². The molecule has 5 atom stereocenters. The molecule has 0 saturated carbocycles. The van der Waals surface area contributed by atoms with Gasteiger partial charge in [-0.15, -0.1) is 0 Å². The minimum absolute atomic E-state index is 0.125. The molecule has 0 unspecified atom stereocenters. The zero-order chi connectivity index (χ0) is 13.0. The molecule has 1 aliphatic rings. The fraction of sp³-hybridized carbons (Fsp3) is 0.909. The second-order valence-electron chi connectivity index (χ2n) is 4.48. The first kappa shape index (κ1) is 14.8. The molecular formula is C11H21NO4S. The lowest BCUT2D eigenvalue weighted by Gasteiger charge is -2.42. The first-order valence-electron chi connectivity index (χ1n) is 5.85. The van der Waals surface area contributed by atoms with Crippen molar-refractivity contribution in [3.05, 3.63) is 0 Å². The molecule has 0 bridgehead atoms. The highest BCUT2D eigenvalue weighted by Gasteiger charge is 2.41. The van der Waals surface area contributed by atoms with Gasteiger partial charge in [-0.2, -0.15) is 12.6 Å². The van der Waals surface area contributed by atoms with E-state index in [0.717, 1.165) is 0 Å². The van der Waals surface area contributed by atoms with Crippen LogP contribution in [0.5, 0.6) is 0 Å². The highest BCUT2D eigenvalue weighted by molar-refractivity contribution is 7.80. The molecule has 1 amide bonds. The van der Waals surface area contributed by atoms with Gasteiger partial charge in [0, 0.05) is 12.3 Å². The van der Waals surface area contributed by atoms with E-state index in [1.54, 1.807) is 13.8 Å². The smallest absolute Gasteiger partial charge is 0.221 e. The fourth-order valence-electron chi connectivity index (χ4n) is 2.08. The van der Waals surface area contributed by atoms with Crippen LogP contribution in [0.25, 0.3) is 0 Å². The lowest BCUT2D eigenvalue weighted by Crippen LogP contribution is -2.60. The molecule has 0 aromatic heterocycles. The number of ether oxygens (including phenoxy) is 1. The second-order valence-corrected chi connectivity index (χ2v) is 4.93. The SMILES string of the molecule is C[C@H]1[C@@H](O)[C@@H](NC(=O)CCS)[C@H](C)O[C@@H]1CO. The standard InChI is InChI=1S/C11H21NO4S/c1-6-8(5-13)16-7(2)10(11(6)15)12-9(14)3-4-17/h6-8,10-11,13,15,17H,3-5H2,1-2H3,(H,12,14)/t6-,7+,8-,10+,11-/m1/s1. The van der Waals surface area contributed by atoms with Crippen LogP contribution in [-0.4, -0.2) is 52.8 Å². The molecule has 0 aromatic carbocycles. The van der Waals surface area contributed by atoms with E-state index in [4.69, 9.17) is 9.84 Å². The van der Waals surface area contributed by atoms with Crippen LogP contribution in [-0.2, 0) is 9.53 Å². The lowest BCUT2D eigenvalue weighted by molar-refractivity contribution is -0.161. The molecular weight excluding hydrogens is 242 g/mol. The number of carbonyl (C=O) groups is 1. The summed E-state index contributed by atoms with van der Waals surface area (Å²) in [5, 5.41) is 22.0. The van der Waals surface area contributed by atoms with Gasteiger partial charge < -0.3 is 20.3 Å². The van der Waals surface area contributed by atoms with Crippen LogP contribution in [0.15, 0.2) is 0 Å². The van der Waals surface area contributed by atoms with Crippen molar-refractivity contribution >= 4 is 18.5 Å². The average molecular weight is 263 g/mol. The third-order valence-electron chi connectivity index (χ3n) is 3.23. The van der Waals surface area contributed by atoms with Crippen LogP contribution in [0.1, 0.15) is 20.3 Å². The third-order valence-corrected chi connectivity index (χ3v) is 3.46. The maximum Gasteiger partial charge on any atom is 0.221 e. The largest absolute Gasteiger partial charge is 0.394 e. The molecule has 0 spiro atoms. The monoisotopic (exact) mass is 263 g/mol. The summed E-state index contributed by atoms with van der Waals surface area (Å²) in [5.74, 6) is 0.116. The minimum Gasteiger partial charge on any atom is -0.394 e. The van der Waals surface area contributed by atoms with E-state index in [9.17, 15) is 9.90 Å². The van der Waals surface area contributed by atoms with E-state index >= 15 is 0 Å². The zero-order valence-corrected chi connectivity index (χ0v) is 11.1. The van der Waals surface area contributed by atoms with E-state index in [-0.39, 0.29) is 30.6 Å². The van der Waals surface area contributed by atoms with Gasteiger partial charge in [-0.25, -0.2) is 0 Å². The van der Waals surface area contributed by atoms with Crippen molar-refractivity contribution in [2.24, 2.45) is 5.92 Å². The van der Waals surface area contributed by atoms with E-state index < -0.39 is 12.1 Å². The van der Waals surface area contributed by atoms with Crippen molar-refractivity contribution in [2.75, 3.05) is 12.4 Å². The summed E-state index contributed by atoms with van der Waals surface area (Å²) in [4.78, 5) is 11.5. The molecule has 0 aromatic rings. The minimum atomic E-state index is -0.709. The van der Waals surface area contributed by atoms with Crippen molar-refractivity contribution in [2.45, 2.75) is 44.6 Å². The lowest BCUT2D eigenvalue weighted by atomic mass is 9.87. The molecule has 1 rings (SSSR count). The number of hydrogen-bond acceptors (Lipinski definition) is 5. The Morgan fingerprint density at radius 3 is 2.65 bits per heavy atom. The number of amides is 1. The number of aliphatic hydroxyl groups is 2. The van der Waals surface area contributed by atoms with Gasteiger partial charge in [0.05, 0.1) is 31.0 Å². The Bertz CT molecular complexity index is 264. The Morgan fingerprint density at radius 1 is 1.47 bits per heavy atom. The van der Waals surface area contributed by atoms with Gasteiger partial charge in [0.25, 0.3) is 0 Å². The summed E-state index contributed by atoms with van der Waals surface area (Å²) in [7, 11) is 0. The van der Waals surface area contributed by atoms with Crippen molar-refractivity contribution in [1.29, 1.82) is 0 Å². The molecule has 3 N–H and O–H groups in total. The molecule has 17 heavy (non-hydrogen) atoms. The Hall–Kier alpha value is -0.300. The number of nitrogens with one attached hydrogen (secondary N) is 1. The molecule has 0 radical (unpaired) electrons. The van der Waals surface area contributed by atoms with Crippen molar-refractivity contribution in [3.63, 3.8) is 0 Å². The Morgan fingerprint density at radius 2 is 2.12 bits per heavy atom. The van der Waals surface area contributed by atoms with Gasteiger partial charge in [0.15, 0.2) is 0 Å². The third kappa shape index (κ3) is 3.58. The maximum atomic E-state index is 11.5. The topological polar surface area (TPSA) is 78.8 Å². The van der Waals surface area contributed by atoms with Crippen LogP contribution in [0.3, 0.4) is 0 Å². The highest BCUT2D eigenvalue weighted by atomic mass is 32.1. The summed E-state index contributed by atoms with van der Waals surface area (Å²) < 4.78 is 5.57. The van der Waals surface area contributed by atoms with E-state index in [1.807, 2.05) is 0 Å². The summed E-state index contributed by atoms with van der Waals surface area (Å²) in [6, 6.07) is -0.430.